The van der Waals surface area contributed by atoms with Crippen LogP contribution in [0.1, 0.15) is 17.3 Å². The van der Waals surface area contributed by atoms with E-state index >= 15 is 0 Å². The first-order valence-corrected chi connectivity index (χ1v) is 4.21. The number of nitrogens with one attached hydrogen (secondary N) is 1. The molecular formula is C10H12N2O2. The van der Waals surface area contributed by atoms with Gasteiger partial charge in [0, 0.05) is 12.2 Å². The molecule has 0 aliphatic heterocycles. The first-order valence-electron chi connectivity index (χ1n) is 4.21. The Morgan fingerprint density at radius 2 is 2.43 bits per heavy atom. The van der Waals surface area contributed by atoms with Gasteiger partial charge < -0.3 is 10.4 Å². The van der Waals surface area contributed by atoms with Crippen molar-refractivity contribution in [1.82, 2.24) is 10.3 Å². The number of amides is 1. The summed E-state index contributed by atoms with van der Waals surface area (Å²) in [6, 6.07) is 1.25. The van der Waals surface area contributed by atoms with Crippen LogP contribution in [-0.4, -0.2) is 22.0 Å². The van der Waals surface area contributed by atoms with Gasteiger partial charge in [0.25, 0.3) is 5.91 Å². The predicted octanol–water partition coefficient (Wildman–Crippen LogP) is 1.09. The molecule has 2 N–H and O–H groups in total. The highest BCUT2D eigenvalue weighted by atomic mass is 16.3. The van der Waals surface area contributed by atoms with Gasteiger partial charge in [-0.05, 0) is 13.0 Å². The van der Waals surface area contributed by atoms with E-state index < -0.39 is 0 Å². The molecule has 1 unspecified atom stereocenters. The third-order valence-electron chi connectivity index (χ3n) is 1.70. The molecule has 74 valence electrons. The fourth-order valence-electron chi connectivity index (χ4n) is 0.901. The maximum absolute atomic E-state index is 11.5. The van der Waals surface area contributed by atoms with Crippen LogP contribution in [0.4, 0.5) is 0 Å². The van der Waals surface area contributed by atoms with Crippen molar-refractivity contribution in [3.8, 4) is 5.75 Å². The van der Waals surface area contributed by atoms with Gasteiger partial charge in [-0.15, -0.1) is 6.58 Å². The molecule has 0 spiro atoms. The molecule has 0 aliphatic rings. The molecule has 0 aromatic carbocycles. The lowest BCUT2D eigenvalue weighted by atomic mass is 10.2. The zero-order chi connectivity index (χ0) is 10.6. The monoisotopic (exact) mass is 192 g/mol. The molecule has 0 saturated heterocycles. The van der Waals surface area contributed by atoms with Crippen molar-refractivity contribution in [2.45, 2.75) is 13.0 Å². The Kier molecular flexibility index (Phi) is 3.23. The van der Waals surface area contributed by atoms with Crippen molar-refractivity contribution in [3.63, 3.8) is 0 Å². The Morgan fingerprint density at radius 1 is 1.71 bits per heavy atom. The smallest absolute Gasteiger partial charge is 0.253 e. The quantitative estimate of drug-likeness (QED) is 0.705. The van der Waals surface area contributed by atoms with E-state index in [0.717, 1.165) is 0 Å². The largest absolute Gasteiger partial charge is 0.506 e. The Morgan fingerprint density at radius 3 is 3.00 bits per heavy atom. The zero-order valence-corrected chi connectivity index (χ0v) is 7.90. The van der Waals surface area contributed by atoms with Crippen molar-refractivity contribution in [2.24, 2.45) is 0 Å². The minimum absolute atomic E-state index is 0.0242. The van der Waals surface area contributed by atoms with Gasteiger partial charge >= 0.3 is 0 Å². The number of pyridine rings is 1. The lowest BCUT2D eigenvalue weighted by Crippen LogP contribution is -2.30. The molecule has 14 heavy (non-hydrogen) atoms. The number of nitrogens with zero attached hydrogens (tertiary/aromatic N) is 1. The van der Waals surface area contributed by atoms with E-state index in [1.165, 1.54) is 18.5 Å². The van der Waals surface area contributed by atoms with E-state index in [-0.39, 0.29) is 17.7 Å². The molecule has 1 aromatic heterocycles. The average Bonchev–Trinajstić information content (AvgIpc) is 2.17. The van der Waals surface area contributed by atoms with Gasteiger partial charge in [-0.3, -0.25) is 9.78 Å². The molecular weight excluding hydrogens is 180 g/mol. The summed E-state index contributed by atoms with van der Waals surface area (Å²) in [6.45, 7) is 5.35. The summed E-state index contributed by atoms with van der Waals surface area (Å²) in [6.07, 6.45) is 4.28. The Hall–Kier alpha value is -1.84. The summed E-state index contributed by atoms with van der Waals surface area (Å²) in [4.78, 5) is 15.2. The maximum atomic E-state index is 11.5. The molecule has 0 saturated carbocycles. The van der Waals surface area contributed by atoms with Gasteiger partial charge in [-0.1, -0.05) is 6.08 Å². The van der Waals surface area contributed by atoms with Crippen LogP contribution in [0.25, 0.3) is 0 Å². The number of hydrogen-bond acceptors (Lipinski definition) is 3. The summed E-state index contributed by atoms with van der Waals surface area (Å²) in [5.74, 6) is -0.301. The number of rotatable bonds is 3. The van der Waals surface area contributed by atoms with Gasteiger partial charge in [-0.2, -0.15) is 0 Å². The van der Waals surface area contributed by atoms with Crippen LogP contribution in [-0.2, 0) is 0 Å². The van der Waals surface area contributed by atoms with Gasteiger partial charge in [-0.25, -0.2) is 0 Å². The molecule has 1 atom stereocenters. The zero-order valence-electron chi connectivity index (χ0n) is 7.90. The minimum Gasteiger partial charge on any atom is -0.506 e. The highest BCUT2D eigenvalue weighted by Crippen LogP contribution is 2.08. The molecule has 1 aromatic rings. The number of aromatic nitrogens is 1. The van der Waals surface area contributed by atoms with E-state index in [1.54, 1.807) is 13.0 Å². The van der Waals surface area contributed by atoms with Crippen LogP contribution >= 0.6 is 0 Å². The standard InChI is InChI=1S/C10H12N2O2/c1-3-7(2)12-10(14)8-4-9(13)6-11-5-8/h3-7,13H,1H2,2H3,(H,12,14). The van der Waals surface area contributed by atoms with Crippen molar-refractivity contribution in [3.05, 3.63) is 36.7 Å². The van der Waals surface area contributed by atoms with Gasteiger partial charge in [0.15, 0.2) is 0 Å². The average molecular weight is 192 g/mol. The van der Waals surface area contributed by atoms with Gasteiger partial charge in [0.05, 0.1) is 11.8 Å². The Bertz CT molecular complexity index is 350. The van der Waals surface area contributed by atoms with Crippen LogP contribution in [0, 0.1) is 0 Å². The molecule has 4 nitrogen and oxygen atoms in total. The first-order chi connectivity index (χ1) is 6.63. The summed E-state index contributed by atoms with van der Waals surface area (Å²) >= 11 is 0. The fourth-order valence-corrected chi connectivity index (χ4v) is 0.901. The summed E-state index contributed by atoms with van der Waals surface area (Å²) in [5.41, 5.74) is 0.332. The highest BCUT2D eigenvalue weighted by Gasteiger charge is 2.07. The second-order valence-corrected chi connectivity index (χ2v) is 2.93. The maximum Gasteiger partial charge on any atom is 0.253 e. The van der Waals surface area contributed by atoms with Crippen molar-refractivity contribution < 1.29 is 9.90 Å². The highest BCUT2D eigenvalue weighted by molar-refractivity contribution is 5.94. The van der Waals surface area contributed by atoms with Gasteiger partial charge in [0.1, 0.15) is 5.75 Å². The number of carbonyl (C=O) groups is 1. The summed E-state index contributed by atoms with van der Waals surface area (Å²) in [5, 5.41) is 11.8. The van der Waals surface area contributed by atoms with Crippen molar-refractivity contribution in [2.75, 3.05) is 0 Å². The van der Waals surface area contributed by atoms with Crippen LogP contribution in [0.2, 0.25) is 0 Å². The van der Waals surface area contributed by atoms with Crippen LogP contribution in [0.3, 0.4) is 0 Å². The fraction of sp³-hybridized carbons (Fsp3) is 0.200. The summed E-state index contributed by atoms with van der Waals surface area (Å²) < 4.78 is 0. The molecule has 0 bridgehead atoms. The van der Waals surface area contributed by atoms with Gasteiger partial charge in [0.2, 0.25) is 0 Å². The van der Waals surface area contributed by atoms with Crippen LogP contribution in [0.5, 0.6) is 5.75 Å². The number of hydrogen-bond donors (Lipinski definition) is 2. The third-order valence-corrected chi connectivity index (χ3v) is 1.70. The van der Waals surface area contributed by atoms with E-state index in [4.69, 9.17) is 5.11 Å². The first kappa shape index (κ1) is 10.2. The molecule has 0 fully saturated rings. The Labute approximate surface area is 82.3 Å². The van der Waals surface area contributed by atoms with Crippen LogP contribution in [0.15, 0.2) is 31.1 Å². The van der Waals surface area contributed by atoms with E-state index in [2.05, 4.69) is 16.9 Å². The molecule has 0 radical (unpaired) electrons. The Balaban J connectivity index is 2.74. The second-order valence-electron chi connectivity index (χ2n) is 2.93. The lowest BCUT2D eigenvalue weighted by Gasteiger charge is -2.08. The topological polar surface area (TPSA) is 62.2 Å². The predicted molar refractivity (Wildman–Crippen MR) is 53.0 cm³/mol. The molecule has 4 heteroatoms. The van der Waals surface area contributed by atoms with E-state index in [0.29, 0.717) is 5.56 Å². The number of carbonyl (C=O) groups excluding carboxylic acids is 1. The molecule has 0 aliphatic carbocycles. The van der Waals surface area contributed by atoms with Crippen LogP contribution < -0.4 is 5.32 Å². The third kappa shape index (κ3) is 2.58. The molecule has 1 heterocycles. The minimum atomic E-state index is -0.277. The lowest BCUT2D eigenvalue weighted by molar-refractivity contribution is 0.0946. The van der Waals surface area contributed by atoms with Crippen molar-refractivity contribution >= 4 is 5.91 Å². The molecule has 1 rings (SSSR count). The van der Waals surface area contributed by atoms with Crippen molar-refractivity contribution in [1.29, 1.82) is 0 Å². The summed E-state index contributed by atoms with van der Waals surface area (Å²) in [7, 11) is 0. The molecule has 1 amide bonds. The SMILES string of the molecule is C=CC(C)NC(=O)c1cncc(O)c1. The van der Waals surface area contributed by atoms with E-state index in [9.17, 15) is 4.79 Å². The number of aromatic hydroxyl groups is 1. The normalized spacial score (nSPS) is 11.8. The second kappa shape index (κ2) is 4.41. The van der Waals surface area contributed by atoms with E-state index in [1.807, 2.05) is 0 Å².